The molecule has 1 atom stereocenters. The van der Waals surface area contributed by atoms with Crippen molar-refractivity contribution in [3.05, 3.63) is 29.8 Å². The van der Waals surface area contributed by atoms with Gasteiger partial charge in [0.2, 0.25) is 0 Å². The summed E-state index contributed by atoms with van der Waals surface area (Å²) in [5.41, 5.74) is 6.13. The van der Waals surface area contributed by atoms with E-state index in [0.717, 1.165) is 32.2 Å². The molecule has 18 heavy (non-hydrogen) atoms. The van der Waals surface area contributed by atoms with Crippen LogP contribution in [0, 0.1) is 0 Å². The number of nitrogens with zero attached hydrogens (tertiary/aromatic N) is 1. The summed E-state index contributed by atoms with van der Waals surface area (Å²) in [6, 6.07) is 6.79. The topological polar surface area (TPSA) is 66.6 Å². The van der Waals surface area contributed by atoms with Gasteiger partial charge in [-0.3, -0.25) is 4.79 Å². The van der Waals surface area contributed by atoms with Gasteiger partial charge in [-0.25, -0.2) is 0 Å². The fourth-order valence-corrected chi connectivity index (χ4v) is 2.50. The fourth-order valence-electron chi connectivity index (χ4n) is 2.50. The molecule has 0 bridgehead atoms. The molecule has 3 N–H and O–H groups in total. The van der Waals surface area contributed by atoms with E-state index >= 15 is 0 Å². The molecule has 4 nitrogen and oxygen atoms in total. The minimum absolute atomic E-state index is 0.0440. The number of hydrogen-bond acceptors (Lipinski definition) is 3. The summed E-state index contributed by atoms with van der Waals surface area (Å²) in [7, 11) is 0. The van der Waals surface area contributed by atoms with Crippen LogP contribution < -0.4 is 5.73 Å². The van der Waals surface area contributed by atoms with Gasteiger partial charge < -0.3 is 15.7 Å². The Hall–Kier alpha value is -1.55. The fraction of sp³-hybridized carbons (Fsp3) is 0.500. The molecule has 1 aromatic rings. The van der Waals surface area contributed by atoms with Gasteiger partial charge in [0, 0.05) is 19.1 Å². The number of para-hydroxylation sites is 1. The molecule has 98 valence electrons. The number of aromatic hydroxyl groups is 1. The smallest absolute Gasteiger partial charge is 0.257 e. The van der Waals surface area contributed by atoms with Crippen LogP contribution in [0.15, 0.2) is 24.3 Å². The zero-order valence-electron chi connectivity index (χ0n) is 10.5. The first kappa shape index (κ1) is 12.9. The van der Waals surface area contributed by atoms with Crippen molar-refractivity contribution < 1.29 is 9.90 Å². The average Bonchev–Trinajstić information content (AvgIpc) is 2.63. The van der Waals surface area contributed by atoms with Crippen molar-refractivity contribution in [1.82, 2.24) is 4.90 Å². The number of phenols is 1. The Kier molecular flexibility index (Phi) is 4.20. The minimum Gasteiger partial charge on any atom is -0.507 e. The molecule has 1 unspecified atom stereocenters. The van der Waals surface area contributed by atoms with Gasteiger partial charge in [-0.1, -0.05) is 25.0 Å². The lowest BCUT2D eigenvalue weighted by atomic mass is 10.1. The standard InChI is InChI=1S/C14H20N2O2/c15-10-11-6-2-1-5-9-16(11)14(18)12-7-3-4-8-13(12)17/h3-4,7-8,11,17H,1-2,5-6,9-10,15H2. The van der Waals surface area contributed by atoms with Crippen molar-refractivity contribution >= 4 is 5.91 Å². The summed E-state index contributed by atoms with van der Waals surface area (Å²) >= 11 is 0. The number of nitrogens with two attached hydrogens (primary N) is 1. The van der Waals surface area contributed by atoms with Gasteiger partial charge in [-0.05, 0) is 25.0 Å². The monoisotopic (exact) mass is 248 g/mol. The molecule has 1 aromatic carbocycles. The molecule has 0 aliphatic carbocycles. The van der Waals surface area contributed by atoms with E-state index in [2.05, 4.69) is 0 Å². The van der Waals surface area contributed by atoms with Crippen LogP contribution in [0.2, 0.25) is 0 Å². The molecule has 0 saturated carbocycles. The van der Waals surface area contributed by atoms with Crippen molar-refractivity contribution in [3.63, 3.8) is 0 Å². The second kappa shape index (κ2) is 5.87. The second-order valence-electron chi connectivity index (χ2n) is 4.75. The number of amides is 1. The van der Waals surface area contributed by atoms with Gasteiger partial charge in [0.05, 0.1) is 5.56 Å². The third-order valence-electron chi connectivity index (χ3n) is 3.54. The molecule has 1 amide bonds. The first-order valence-electron chi connectivity index (χ1n) is 6.53. The SMILES string of the molecule is NCC1CCCCCN1C(=O)c1ccccc1O. The predicted octanol–water partition coefficient (Wildman–Crippen LogP) is 1.74. The summed E-state index contributed by atoms with van der Waals surface area (Å²) in [6.07, 6.45) is 4.22. The van der Waals surface area contributed by atoms with E-state index in [0.29, 0.717) is 12.1 Å². The quantitative estimate of drug-likeness (QED) is 0.837. The Morgan fingerprint density at radius 3 is 2.83 bits per heavy atom. The lowest BCUT2D eigenvalue weighted by molar-refractivity contribution is 0.0686. The lowest BCUT2D eigenvalue weighted by Crippen LogP contribution is -2.44. The van der Waals surface area contributed by atoms with Gasteiger partial charge in [0.1, 0.15) is 5.75 Å². The molecule has 1 aliphatic heterocycles. The molecule has 0 radical (unpaired) electrons. The van der Waals surface area contributed by atoms with Gasteiger partial charge >= 0.3 is 0 Å². The van der Waals surface area contributed by atoms with Gasteiger partial charge in [0.25, 0.3) is 5.91 Å². The molecule has 4 heteroatoms. The van der Waals surface area contributed by atoms with Crippen molar-refractivity contribution in [3.8, 4) is 5.75 Å². The van der Waals surface area contributed by atoms with Crippen LogP contribution in [-0.2, 0) is 0 Å². The highest BCUT2D eigenvalue weighted by Crippen LogP contribution is 2.23. The van der Waals surface area contributed by atoms with E-state index in [-0.39, 0.29) is 17.7 Å². The summed E-state index contributed by atoms with van der Waals surface area (Å²) in [5.74, 6) is -0.0621. The summed E-state index contributed by atoms with van der Waals surface area (Å²) in [4.78, 5) is 14.3. The third-order valence-corrected chi connectivity index (χ3v) is 3.54. The van der Waals surface area contributed by atoms with E-state index in [1.807, 2.05) is 4.90 Å². The number of carbonyl (C=O) groups is 1. The van der Waals surface area contributed by atoms with E-state index in [9.17, 15) is 9.90 Å². The van der Waals surface area contributed by atoms with Crippen molar-refractivity contribution in [1.29, 1.82) is 0 Å². The van der Waals surface area contributed by atoms with Crippen molar-refractivity contribution in [2.24, 2.45) is 5.73 Å². The van der Waals surface area contributed by atoms with Crippen LogP contribution in [0.1, 0.15) is 36.0 Å². The molecule has 0 spiro atoms. The highest BCUT2D eigenvalue weighted by atomic mass is 16.3. The van der Waals surface area contributed by atoms with Crippen LogP contribution in [0.25, 0.3) is 0 Å². The minimum atomic E-state index is -0.106. The number of phenolic OH excluding ortho intramolecular Hbond substituents is 1. The molecule has 0 aromatic heterocycles. The molecular weight excluding hydrogens is 228 g/mol. The number of benzene rings is 1. The zero-order chi connectivity index (χ0) is 13.0. The molecule has 2 rings (SSSR count). The molecular formula is C14H20N2O2. The number of likely N-dealkylation sites (tertiary alicyclic amines) is 1. The highest BCUT2D eigenvalue weighted by molar-refractivity contribution is 5.97. The second-order valence-corrected chi connectivity index (χ2v) is 4.75. The van der Waals surface area contributed by atoms with E-state index in [1.54, 1.807) is 24.3 Å². The largest absolute Gasteiger partial charge is 0.507 e. The number of hydrogen-bond donors (Lipinski definition) is 2. The van der Waals surface area contributed by atoms with E-state index in [1.165, 1.54) is 0 Å². The summed E-state index contributed by atoms with van der Waals surface area (Å²) in [6.45, 7) is 1.22. The maximum atomic E-state index is 12.5. The van der Waals surface area contributed by atoms with Gasteiger partial charge in [0.15, 0.2) is 0 Å². The third kappa shape index (κ3) is 2.64. The van der Waals surface area contributed by atoms with E-state index < -0.39 is 0 Å². The molecule has 1 saturated heterocycles. The summed E-state index contributed by atoms with van der Waals surface area (Å²) in [5, 5.41) is 9.76. The maximum absolute atomic E-state index is 12.5. The highest BCUT2D eigenvalue weighted by Gasteiger charge is 2.26. The Balaban J connectivity index is 2.23. The average molecular weight is 248 g/mol. The number of rotatable bonds is 2. The van der Waals surface area contributed by atoms with Gasteiger partial charge in [-0.15, -0.1) is 0 Å². The Bertz CT molecular complexity index is 420. The van der Waals surface area contributed by atoms with Crippen LogP contribution >= 0.6 is 0 Å². The zero-order valence-corrected chi connectivity index (χ0v) is 10.5. The van der Waals surface area contributed by atoms with E-state index in [4.69, 9.17) is 5.73 Å². The Labute approximate surface area is 107 Å². The summed E-state index contributed by atoms with van der Waals surface area (Å²) < 4.78 is 0. The first-order chi connectivity index (χ1) is 8.74. The predicted molar refractivity (Wildman–Crippen MR) is 70.5 cm³/mol. The molecule has 1 aliphatic rings. The Morgan fingerprint density at radius 2 is 2.11 bits per heavy atom. The van der Waals surface area contributed by atoms with Gasteiger partial charge in [-0.2, -0.15) is 0 Å². The van der Waals surface area contributed by atoms with Crippen molar-refractivity contribution in [2.45, 2.75) is 31.7 Å². The van der Waals surface area contributed by atoms with Crippen LogP contribution in [0.3, 0.4) is 0 Å². The van der Waals surface area contributed by atoms with Crippen LogP contribution in [0.5, 0.6) is 5.75 Å². The normalized spacial score (nSPS) is 20.5. The molecule has 1 heterocycles. The first-order valence-corrected chi connectivity index (χ1v) is 6.53. The van der Waals surface area contributed by atoms with Crippen molar-refractivity contribution in [2.75, 3.05) is 13.1 Å². The maximum Gasteiger partial charge on any atom is 0.257 e. The lowest BCUT2D eigenvalue weighted by Gasteiger charge is -2.29. The molecule has 1 fully saturated rings. The van der Waals surface area contributed by atoms with Crippen LogP contribution in [0.4, 0.5) is 0 Å². The number of carbonyl (C=O) groups excluding carboxylic acids is 1. The van der Waals surface area contributed by atoms with Crippen LogP contribution in [-0.4, -0.2) is 35.0 Å². The Morgan fingerprint density at radius 1 is 1.33 bits per heavy atom.